The lowest BCUT2D eigenvalue weighted by Crippen LogP contribution is -2.10. The molecule has 5 nitrogen and oxygen atoms in total. The summed E-state index contributed by atoms with van der Waals surface area (Å²) in [6, 6.07) is 9.80. The molecule has 1 aromatic carbocycles. The molecule has 2 aromatic heterocycles. The fourth-order valence-corrected chi connectivity index (χ4v) is 2.53. The smallest absolute Gasteiger partial charge is 0.115 e. The molecule has 1 atom stereocenters. The highest BCUT2D eigenvalue weighted by molar-refractivity contribution is 5.75. The van der Waals surface area contributed by atoms with Gasteiger partial charge in [0.25, 0.3) is 0 Å². The molecule has 0 spiro atoms. The van der Waals surface area contributed by atoms with Gasteiger partial charge in [0.1, 0.15) is 18.3 Å². The Morgan fingerprint density at radius 3 is 2.86 bits per heavy atom. The molecule has 108 valence electrons. The van der Waals surface area contributed by atoms with E-state index in [0.29, 0.717) is 12.1 Å². The third-order valence-corrected chi connectivity index (χ3v) is 3.50. The Bertz CT molecular complexity index is 723. The van der Waals surface area contributed by atoms with E-state index >= 15 is 0 Å². The number of nitrogens with zero attached hydrogens (tertiary/aromatic N) is 4. The van der Waals surface area contributed by atoms with Gasteiger partial charge in [-0.1, -0.05) is 19.1 Å². The number of imidazole rings is 1. The molecular formula is C16H18N4O. The Balaban J connectivity index is 1.94. The summed E-state index contributed by atoms with van der Waals surface area (Å²) in [5.41, 5.74) is 2.71. The van der Waals surface area contributed by atoms with Crippen LogP contribution in [0.15, 0.2) is 42.9 Å². The van der Waals surface area contributed by atoms with Gasteiger partial charge in [-0.2, -0.15) is 0 Å². The fourth-order valence-electron chi connectivity index (χ4n) is 2.53. The highest BCUT2D eigenvalue weighted by Crippen LogP contribution is 2.21. The number of rotatable bonds is 5. The van der Waals surface area contributed by atoms with Crippen LogP contribution < -0.4 is 0 Å². The lowest BCUT2D eigenvalue weighted by atomic mass is 10.1. The molecule has 0 aliphatic carbocycles. The topological polar surface area (TPSA) is 63.8 Å². The number of aliphatic hydroxyl groups excluding tert-OH is 1. The van der Waals surface area contributed by atoms with Gasteiger partial charge in [-0.15, -0.1) is 0 Å². The van der Waals surface area contributed by atoms with E-state index in [9.17, 15) is 5.11 Å². The highest BCUT2D eigenvalue weighted by Gasteiger charge is 2.16. The zero-order valence-corrected chi connectivity index (χ0v) is 12.0. The fraction of sp³-hybridized carbons (Fsp3) is 0.312. The zero-order valence-electron chi connectivity index (χ0n) is 12.0. The van der Waals surface area contributed by atoms with Crippen molar-refractivity contribution in [1.82, 2.24) is 19.5 Å². The molecule has 3 aromatic rings. The van der Waals surface area contributed by atoms with Crippen LogP contribution in [0.4, 0.5) is 0 Å². The van der Waals surface area contributed by atoms with Crippen LogP contribution >= 0.6 is 0 Å². The molecule has 0 saturated carbocycles. The molecule has 21 heavy (non-hydrogen) atoms. The Hall–Kier alpha value is -2.27. The van der Waals surface area contributed by atoms with Gasteiger partial charge in [-0.05, 0) is 24.6 Å². The number of aliphatic hydroxyl groups is 1. The SMILES string of the molecule is CCCn1c(CC(O)c2ccncn2)nc2ccccc21. The summed E-state index contributed by atoms with van der Waals surface area (Å²) in [7, 11) is 0. The third-order valence-electron chi connectivity index (χ3n) is 3.50. The molecule has 0 aliphatic rings. The Morgan fingerprint density at radius 1 is 1.24 bits per heavy atom. The quantitative estimate of drug-likeness (QED) is 0.781. The van der Waals surface area contributed by atoms with Gasteiger partial charge in [0.05, 0.1) is 16.7 Å². The molecule has 1 N–H and O–H groups in total. The summed E-state index contributed by atoms with van der Waals surface area (Å²) in [4.78, 5) is 12.6. The van der Waals surface area contributed by atoms with E-state index < -0.39 is 6.10 Å². The normalized spacial score (nSPS) is 12.7. The average Bonchev–Trinajstić information content (AvgIpc) is 2.86. The van der Waals surface area contributed by atoms with Crippen molar-refractivity contribution in [3.63, 3.8) is 0 Å². The van der Waals surface area contributed by atoms with Gasteiger partial charge in [0.15, 0.2) is 0 Å². The summed E-state index contributed by atoms with van der Waals surface area (Å²) >= 11 is 0. The van der Waals surface area contributed by atoms with Gasteiger partial charge in [-0.3, -0.25) is 0 Å². The first-order chi connectivity index (χ1) is 10.3. The van der Waals surface area contributed by atoms with Crippen LogP contribution in [0.2, 0.25) is 0 Å². The van der Waals surface area contributed by atoms with Crippen LogP contribution in [-0.4, -0.2) is 24.6 Å². The van der Waals surface area contributed by atoms with E-state index in [0.717, 1.165) is 29.8 Å². The summed E-state index contributed by atoms with van der Waals surface area (Å²) in [6.45, 7) is 3.03. The maximum atomic E-state index is 10.3. The first kappa shape index (κ1) is 13.7. The van der Waals surface area contributed by atoms with Crippen molar-refractivity contribution in [3.05, 3.63) is 54.4 Å². The van der Waals surface area contributed by atoms with Crippen LogP contribution in [0, 0.1) is 0 Å². The molecule has 5 heteroatoms. The maximum absolute atomic E-state index is 10.3. The minimum Gasteiger partial charge on any atom is -0.386 e. The van der Waals surface area contributed by atoms with Crippen molar-refractivity contribution >= 4 is 11.0 Å². The van der Waals surface area contributed by atoms with Crippen LogP contribution in [0.3, 0.4) is 0 Å². The molecule has 0 saturated heterocycles. The standard InChI is InChI=1S/C16H18N4O/c1-2-9-20-14-6-4-3-5-12(14)19-16(20)10-15(21)13-7-8-17-11-18-13/h3-8,11,15,21H,2,9-10H2,1H3. The molecule has 2 heterocycles. The Labute approximate surface area is 123 Å². The third kappa shape index (κ3) is 2.78. The number of aromatic nitrogens is 4. The predicted molar refractivity (Wildman–Crippen MR) is 80.7 cm³/mol. The molecule has 0 amide bonds. The molecular weight excluding hydrogens is 264 g/mol. The van der Waals surface area contributed by atoms with Gasteiger partial charge in [0.2, 0.25) is 0 Å². The zero-order chi connectivity index (χ0) is 14.7. The second-order valence-electron chi connectivity index (χ2n) is 5.02. The largest absolute Gasteiger partial charge is 0.386 e. The predicted octanol–water partition coefficient (Wildman–Crippen LogP) is 2.51. The summed E-state index contributed by atoms with van der Waals surface area (Å²) in [6.07, 6.45) is 3.90. The highest BCUT2D eigenvalue weighted by atomic mass is 16.3. The summed E-state index contributed by atoms with van der Waals surface area (Å²) in [5.74, 6) is 0.893. The van der Waals surface area contributed by atoms with Crippen LogP contribution in [0.1, 0.15) is 31.0 Å². The number of hydrogen-bond acceptors (Lipinski definition) is 4. The molecule has 1 unspecified atom stereocenters. The molecule has 0 bridgehead atoms. The minimum absolute atomic E-state index is 0.450. The minimum atomic E-state index is -0.666. The van der Waals surface area contributed by atoms with Gasteiger partial charge >= 0.3 is 0 Å². The van der Waals surface area contributed by atoms with Gasteiger partial charge in [-0.25, -0.2) is 15.0 Å². The van der Waals surface area contributed by atoms with Crippen molar-refractivity contribution in [2.24, 2.45) is 0 Å². The molecule has 0 radical (unpaired) electrons. The molecule has 3 rings (SSSR count). The van der Waals surface area contributed by atoms with E-state index in [1.54, 1.807) is 12.3 Å². The van der Waals surface area contributed by atoms with E-state index in [1.807, 2.05) is 18.2 Å². The number of benzene rings is 1. The average molecular weight is 282 g/mol. The van der Waals surface area contributed by atoms with Crippen LogP contribution in [-0.2, 0) is 13.0 Å². The summed E-state index contributed by atoms with van der Waals surface area (Å²) < 4.78 is 2.18. The Morgan fingerprint density at radius 2 is 2.10 bits per heavy atom. The lowest BCUT2D eigenvalue weighted by Gasteiger charge is -2.11. The molecule has 0 aliphatic heterocycles. The first-order valence-corrected chi connectivity index (χ1v) is 7.17. The first-order valence-electron chi connectivity index (χ1n) is 7.17. The second kappa shape index (κ2) is 6.01. The summed E-state index contributed by atoms with van der Waals surface area (Å²) in [5, 5.41) is 10.3. The van der Waals surface area contributed by atoms with Crippen molar-refractivity contribution in [3.8, 4) is 0 Å². The van der Waals surface area contributed by atoms with Gasteiger partial charge < -0.3 is 9.67 Å². The van der Waals surface area contributed by atoms with E-state index in [2.05, 4.69) is 32.5 Å². The van der Waals surface area contributed by atoms with Crippen LogP contribution in [0.25, 0.3) is 11.0 Å². The molecule has 0 fully saturated rings. The number of fused-ring (bicyclic) bond motifs is 1. The van der Waals surface area contributed by atoms with E-state index in [-0.39, 0.29) is 0 Å². The number of hydrogen-bond donors (Lipinski definition) is 1. The second-order valence-corrected chi connectivity index (χ2v) is 5.02. The number of para-hydroxylation sites is 2. The van der Waals surface area contributed by atoms with Gasteiger partial charge in [0, 0.05) is 19.2 Å². The van der Waals surface area contributed by atoms with Crippen molar-refractivity contribution < 1.29 is 5.11 Å². The van der Waals surface area contributed by atoms with E-state index in [4.69, 9.17) is 0 Å². The monoisotopic (exact) mass is 282 g/mol. The lowest BCUT2D eigenvalue weighted by molar-refractivity contribution is 0.169. The van der Waals surface area contributed by atoms with Crippen molar-refractivity contribution in [2.45, 2.75) is 32.4 Å². The maximum Gasteiger partial charge on any atom is 0.115 e. The Kier molecular flexibility index (Phi) is 3.92. The van der Waals surface area contributed by atoms with Crippen LogP contribution in [0.5, 0.6) is 0 Å². The van der Waals surface area contributed by atoms with Crippen molar-refractivity contribution in [1.29, 1.82) is 0 Å². The number of aryl methyl sites for hydroxylation is 1. The van der Waals surface area contributed by atoms with E-state index in [1.165, 1.54) is 6.33 Å². The van der Waals surface area contributed by atoms with Crippen molar-refractivity contribution in [2.75, 3.05) is 0 Å².